The van der Waals surface area contributed by atoms with Crippen molar-refractivity contribution in [1.82, 2.24) is 9.55 Å². The summed E-state index contributed by atoms with van der Waals surface area (Å²) in [5.74, 6) is 0.0609. The Hall–Kier alpha value is -1.76. The first-order valence-corrected chi connectivity index (χ1v) is 8.78. The van der Waals surface area contributed by atoms with Crippen LogP contribution >= 0.6 is 7.82 Å². The molecular formula is C13H17N4O6P. The lowest BCUT2D eigenvalue weighted by atomic mass is 9.84. The van der Waals surface area contributed by atoms with Crippen LogP contribution in [0.4, 0.5) is 5.82 Å². The molecule has 0 spiro atoms. The van der Waals surface area contributed by atoms with Crippen LogP contribution in [0.15, 0.2) is 17.1 Å². The molecule has 0 saturated carbocycles. The van der Waals surface area contributed by atoms with E-state index in [0.717, 1.165) is 4.57 Å². The Balaban J connectivity index is 1.99. The number of fused-ring (bicyclic) bond motifs is 1. The minimum absolute atomic E-state index is 0.0609. The number of phosphoric acid groups is 1. The first-order chi connectivity index (χ1) is 11.3. The molecule has 2 N–H and O–H groups in total. The van der Waals surface area contributed by atoms with Gasteiger partial charge in [0, 0.05) is 6.20 Å². The summed E-state index contributed by atoms with van der Waals surface area (Å²) in [4.78, 5) is 15.7. The third-order valence-electron chi connectivity index (χ3n) is 4.02. The van der Waals surface area contributed by atoms with E-state index in [9.17, 15) is 14.6 Å². The molecule has 1 aromatic rings. The topological polar surface area (TPSA) is 139 Å². The van der Waals surface area contributed by atoms with E-state index in [1.54, 1.807) is 13.8 Å². The van der Waals surface area contributed by atoms with Crippen LogP contribution in [0.3, 0.4) is 0 Å². The van der Waals surface area contributed by atoms with Crippen molar-refractivity contribution in [2.75, 3.05) is 18.9 Å². The van der Waals surface area contributed by atoms with E-state index in [2.05, 4.69) is 11.1 Å². The number of anilines is 1. The molecule has 0 aromatic carbocycles. The number of nitrogens with two attached hydrogens (primary N) is 1. The lowest BCUT2D eigenvalue weighted by Crippen LogP contribution is -2.43. The Morgan fingerprint density at radius 2 is 2.42 bits per heavy atom. The highest BCUT2D eigenvalue weighted by molar-refractivity contribution is 7.48. The predicted octanol–water partition coefficient (Wildman–Crippen LogP) is 0.813. The summed E-state index contributed by atoms with van der Waals surface area (Å²) in [6.07, 6.45) is -1.16. The summed E-state index contributed by atoms with van der Waals surface area (Å²) in [6, 6.07) is 3.53. The monoisotopic (exact) mass is 356 g/mol. The maximum atomic E-state index is 12.4. The van der Waals surface area contributed by atoms with Crippen LogP contribution in [0.25, 0.3) is 0 Å². The Kier molecular flexibility index (Phi) is 4.23. The maximum absolute atomic E-state index is 12.4. The third kappa shape index (κ3) is 2.64. The molecule has 130 valence electrons. The number of phosphoric ester groups is 1. The number of nitrogens with zero attached hydrogens (tertiary/aromatic N) is 3. The van der Waals surface area contributed by atoms with Gasteiger partial charge in [0.2, 0.25) is 0 Å². The van der Waals surface area contributed by atoms with Crippen LogP contribution in [-0.4, -0.2) is 35.0 Å². The minimum Gasteiger partial charge on any atom is -0.383 e. The van der Waals surface area contributed by atoms with Gasteiger partial charge in [-0.15, -0.1) is 0 Å². The highest BCUT2D eigenvalue weighted by atomic mass is 31.2. The molecule has 0 bridgehead atoms. The molecule has 2 saturated heterocycles. The molecular weight excluding hydrogens is 339 g/mol. The van der Waals surface area contributed by atoms with E-state index in [-0.39, 0.29) is 19.0 Å². The van der Waals surface area contributed by atoms with Crippen LogP contribution < -0.4 is 11.4 Å². The number of nitrogen functional groups attached to an aromatic ring is 1. The van der Waals surface area contributed by atoms with Crippen molar-refractivity contribution in [3.63, 3.8) is 0 Å². The molecule has 24 heavy (non-hydrogen) atoms. The summed E-state index contributed by atoms with van der Waals surface area (Å²) in [5.41, 5.74) is 3.52. The van der Waals surface area contributed by atoms with Crippen LogP contribution in [0.5, 0.6) is 0 Å². The molecule has 0 aliphatic carbocycles. The first-order valence-electron chi connectivity index (χ1n) is 7.32. The first kappa shape index (κ1) is 17.1. The van der Waals surface area contributed by atoms with Gasteiger partial charge in [0.25, 0.3) is 0 Å². The number of nitriles is 1. The van der Waals surface area contributed by atoms with Gasteiger partial charge in [-0.1, -0.05) is 0 Å². The Labute approximate surface area is 137 Å². The summed E-state index contributed by atoms with van der Waals surface area (Å²) in [5, 5.41) is 9.70. The fourth-order valence-corrected chi connectivity index (χ4v) is 4.32. The van der Waals surface area contributed by atoms with Gasteiger partial charge in [-0.25, -0.2) is 9.36 Å². The molecule has 0 radical (unpaired) electrons. The SMILES string of the molecule is CCOP1(=O)OC[C@H]2O[C@@H](n3ccc(N)nc3=O)[C@](C)(C#N)[C@@H]2O1. The molecule has 2 fully saturated rings. The molecule has 3 heterocycles. The van der Waals surface area contributed by atoms with Crippen molar-refractivity contribution >= 4 is 13.6 Å². The molecule has 5 atom stereocenters. The van der Waals surface area contributed by atoms with Crippen molar-refractivity contribution in [3.05, 3.63) is 22.7 Å². The summed E-state index contributed by atoms with van der Waals surface area (Å²) in [6.45, 7) is 3.26. The van der Waals surface area contributed by atoms with E-state index < -0.39 is 37.4 Å². The van der Waals surface area contributed by atoms with E-state index >= 15 is 0 Å². The van der Waals surface area contributed by atoms with Gasteiger partial charge in [0.15, 0.2) is 6.23 Å². The molecule has 0 amide bonds. The van der Waals surface area contributed by atoms with Crippen molar-refractivity contribution in [3.8, 4) is 6.07 Å². The van der Waals surface area contributed by atoms with Crippen LogP contribution in [0, 0.1) is 16.7 Å². The Bertz CT molecular complexity index is 791. The van der Waals surface area contributed by atoms with Gasteiger partial charge in [0.1, 0.15) is 23.4 Å². The van der Waals surface area contributed by atoms with E-state index in [4.69, 9.17) is 24.0 Å². The second-order valence-electron chi connectivity index (χ2n) is 5.65. The van der Waals surface area contributed by atoms with Crippen LogP contribution in [0.1, 0.15) is 20.1 Å². The number of hydrogen-bond acceptors (Lipinski definition) is 9. The average Bonchev–Trinajstić information content (AvgIpc) is 2.81. The second kappa shape index (κ2) is 5.95. The van der Waals surface area contributed by atoms with Crippen LogP contribution in [0.2, 0.25) is 0 Å². The van der Waals surface area contributed by atoms with E-state index in [1.165, 1.54) is 12.3 Å². The van der Waals surface area contributed by atoms with Crippen molar-refractivity contribution in [1.29, 1.82) is 5.26 Å². The summed E-state index contributed by atoms with van der Waals surface area (Å²) < 4.78 is 35.0. The van der Waals surface area contributed by atoms with Crippen LogP contribution in [-0.2, 0) is 22.9 Å². The van der Waals surface area contributed by atoms with Gasteiger partial charge in [-0.2, -0.15) is 10.2 Å². The smallest absolute Gasteiger partial charge is 0.383 e. The fraction of sp³-hybridized carbons (Fsp3) is 0.615. The fourth-order valence-electron chi connectivity index (χ4n) is 2.85. The molecule has 3 rings (SSSR count). The molecule has 2 aliphatic rings. The summed E-state index contributed by atoms with van der Waals surface area (Å²) >= 11 is 0. The second-order valence-corrected chi connectivity index (χ2v) is 7.27. The Morgan fingerprint density at radius 3 is 3.04 bits per heavy atom. The van der Waals surface area contributed by atoms with Gasteiger partial charge < -0.3 is 10.5 Å². The highest BCUT2D eigenvalue weighted by Gasteiger charge is 2.61. The van der Waals surface area contributed by atoms with E-state index in [1.807, 2.05) is 0 Å². The largest absolute Gasteiger partial charge is 0.475 e. The zero-order valence-electron chi connectivity index (χ0n) is 13.1. The van der Waals surface area contributed by atoms with Gasteiger partial charge in [-0.3, -0.25) is 18.1 Å². The lowest BCUT2D eigenvalue weighted by Gasteiger charge is -2.34. The number of hydrogen-bond donors (Lipinski definition) is 1. The standard InChI is InChI=1S/C13H17N4O6P/c1-3-20-24(19)21-6-8-10(23-24)13(2,7-14)11(22-8)17-5-4-9(15)16-12(17)18/h4-5,8,10-11H,3,6H2,1-2H3,(H2,15,16,18)/t8-,10-,11-,13-,24?/m1/s1. The molecule has 1 unspecified atom stereocenters. The molecule has 1 aromatic heterocycles. The Morgan fingerprint density at radius 1 is 1.67 bits per heavy atom. The number of aromatic nitrogens is 2. The third-order valence-corrected chi connectivity index (χ3v) is 5.54. The van der Waals surface area contributed by atoms with Crippen molar-refractivity contribution < 1.29 is 22.9 Å². The van der Waals surface area contributed by atoms with Gasteiger partial charge in [0.05, 0.1) is 19.3 Å². The lowest BCUT2D eigenvalue weighted by molar-refractivity contribution is -0.0718. The highest BCUT2D eigenvalue weighted by Crippen LogP contribution is 2.60. The van der Waals surface area contributed by atoms with Gasteiger partial charge >= 0.3 is 13.5 Å². The number of ether oxygens (including phenoxy) is 1. The van der Waals surface area contributed by atoms with Crippen molar-refractivity contribution in [2.45, 2.75) is 32.3 Å². The molecule has 2 aliphatic heterocycles. The van der Waals surface area contributed by atoms with Gasteiger partial charge in [-0.05, 0) is 19.9 Å². The summed E-state index contributed by atoms with van der Waals surface area (Å²) in [7, 11) is -3.77. The zero-order chi connectivity index (χ0) is 17.5. The predicted molar refractivity (Wildman–Crippen MR) is 80.6 cm³/mol. The maximum Gasteiger partial charge on any atom is 0.475 e. The van der Waals surface area contributed by atoms with Crippen molar-refractivity contribution in [2.24, 2.45) is 5.41 Å². The minimum atomic E-state index is -3.77. The average molecular weight is 356 g/mol. The quantitative estimate of drug-likeness (QED) is 0.779. The van der Waals surface area contributed by atoms with E-state index in [0.29, 0.717) is 0 Å². The molecule has 11 heteroatoms. The number of rotatable bonds is 3. The zero-order valence-corrected chi connectivity index (χ0v) is 14.0. The molecule has 10 nitrogen and oxygen atoms in total. The normalized spacial score (nSPS) is 38.5.